The summed E-state index contributed by atoms with van der Waals surface area (Å²) in [5, 5.41) is 0. The van der Waals surface area contributed by atoms with Gasteiger partial charge in [-0.05, 0) is 40.7 Å². The largest absolute Gasteiger partial charge is 0.331 e. The lowest BCUT2D eigenvalue weighted by atomic mass is 10.5. The van der Waals surface area contributed by atoms with Crippen molar-refractivity contribution in [2.45, 2.75) is 46.3 Å². The third kappa shape index (κ3) is 6.55. The molecular weight excluding hydrogens is 201 g/mol. The van der Waals surface area contributed by atoms with Gasteiger partial charge in [0.15, 0.2) is 0 Å². The molecule has 0 aliphatic carbocycles. The van der Waals surface area contributed by atoms with E-state index in [0.29, 0.717) is 19.1 Å². The summed E-state index contributed by atoms with van der Waals surface area (Å²) in [6, 6.07) is 0. The van der Waals surface area contributed by atoms with Crippen molar-refractivity contribution in [1.82, 2.24) is 0 Å². The predicted molar refractivity (Wildman–Crippen MR) is 58.6 cm³/mol. The number of nitrogens with two attached hydrogens (primary N) is 1. The lowest BCUT2D eigenvalue weighted by Gasteiger charge is -2.22. The molecule has 0 unspecified atom stereocenters. The summed E-state index contributed by atoms with van der Waals surface area (Å²) in [5.41, 5.74) is 5.37. The van der Waals surface area contributed by atoms with Gasteiger partial charge in [0.25, 0.3) is 0 Å². The Bertz CT molecular complexity index is 180. The highest BCUT2D eigenvalue weighted by atomic mass is 31.2. The van der Waals surface area contributed by atoms with Gasteiger partial charge < -0.3 is 14.8 Å². The molecule has 0 saturated heterocycles. The molecule has 2 N–H and O–H groups in total. The zero-order valence-electron chi connectivity index (χ0n) is 9.53. The fourth-order valence-electron chi connectivity index (χ4n) is 1.06. The minimum Gasteiger partial charge on any atom is -0.330 e. The Morgan fingerprint density at radius 3 is 1.86 bits per heavy atom. The predicted octanol–water partition coefficient (Wildman–Crippen LogP) is 2.38. The third-order valence-electron chi connectivity index (χ3n) is 1.38. The van der Waals surface area contributed by atoms with Gasteiger partial charge in [-0.15, -0.1) is 0 Å². The summed E-state index contributed by atoms with van der Waals surface area (Å²) in [6.45, 7) is 7.89. The summed E-state index contributed by atoms with van der Waals surface area (Å²) < 4.78 is 22.7. The van der Waals surface area contributed by atoms with E-state index in [-0.39, 0.29) is 12.2 Å². The van der Waals surface area contributed by atoms with Gasteiger partial charge in [0.1, 0.15) is 0 Å². The summed E-state index contributed by atoms with van der Waals surface area (Å²) in [7, 11) is -2.93. The molecule has 0 radical (unpaired) electrons. The van der Waals surface area contributed by atoms with Crippen LogP contribution in [-0.4, -0.2) is 24.9 Å². The van der Waals surface area contributed by atoms with E-state index in [0.717, 1.165) is 0 Å². The quantitative estimate of drug-likeness (QED) is 0.673. The molecule has 86 valence electrons. The highest BCUT2D eigenvalue weighted by Gasteiger charge is 2.26. The zero-order valence-corrected chi connectivity index (χ0v) is 10.4. The van der Waals surface area contributed by atoms with E-state index in [9.17, 15) is 4.57 Å². The Hall–Kier alpha value is 0.110. The maximum atomic E-state index is 12.1. The average Bonchev–Trinajstić information content (AvgIpc) is 1.97. The van der Waals surface area contributed by atoms with Gasteiger partial charge in [-0.1, -0.05) is 0 Å². The van der Waals surface area contributed by atoms with Gasteiger partial charge in [0, 0.05) is 0 Å². The SMILES string of the molecule is CC(C)OP(=O)(CCCN)OC(C)C. The van der Waals surface area contributed by atoms with Gasteiger partial charge in [-0.3, -0.25) is 4.57 Å². The van der Waals surface area contributed by atoms with Crippen LogP contribution in [0.4, 0.5) is 0 Å². The van der Waals surface area contributed by atoms with E-state index < -0.39 is 7.60 Å². The van der Waals surface area contributed by atoms with Crippen LogP contribution >= 0.6 is 7.60 Å². The summed E-state index contributed by atoms with van der Waals surface area (Å²) in [4.78, 5) is 0. The molecule has 0 amide bonds. The van der Waals surface area contributed by atoms with Crippen molar-refractivity contribution in [3.05, 3.63) is 0 Å². The zero-order chi connectivity index (χ0) is 11.2. The molecule has 0 heterocycles. The van der Waals surface area contributed by atoms with Gasteiger partial charge in [0.05, 0.1) is 18.4 Å². The summed E-state index contributed by atoms with van der Waals surface area (Å²) in [5.74, 6) is 0. The van der Waals surface area contributed by atoms with E-state index in [4.69, 9.17) is 14.8 Å². The van der Waals surface area contributed by atoms with Crippen molar-refractivity contribution in [1.29, 1.82) is 0 Å². The first-order valence-electron chi connectivity index (χ1n) is 5.05. The normalized spacial score (nSPS) is 12.8. The minimum absolute atomic E-state index is 0.0858. The smallest absolute Gasteiger partial charge is 0.330 e. The van der Waals surface area contributed by atoms with Crippen LogP contribution in [0.1, 0.15) is 34.1 Å². The van der Waals surface area contributed by atoms with Gasteiger partial charge in [-0.25, -0.2) is 0 Å². The molecule has 0 bridgehead atoms. The van der Waals surface area contributed by atoms with Crippen LogP contribution in [0.25, 0.3) is 0 Å². The van der Waals surface area contributed by atoms with Crippen molar-refractivity contribution in [2.24, 2.45) is 5.73 Å². The van der Waals surface area contributed by atoms with Gasteiger partial charge in [-0.2, -0.15) is 0 Å². The third-order valence-corrected chi connectivity index (χ3v) is 3.73. The molecule has 0 aliphatic rings. The van der Waals surface area contributed by atoms with E-state index in [1.54, 1.807) is 0 Å². The molecule has 0 saturated carbocycles. The van der Waals surface area contributed by atoms with Crippen molar-refractivity contribution in [3.63, 3.8) is 0 Å². The van der Waals surface area contributed by atoms with Crippen molar-refractivity contribution in [2.75, 3.05) is 12.7 Å². The van der Waals surface area contributed by atoms with Crippen LogP contribution in [0.15, 0.2) is 0 Å². The molecule has 14 heavy (non-hydrogen) atoms. The number of hydrogen-bond acceptors (Lipinski definition) is 4. The molecule has 0 aromatic rings. The van der Waals surface area contributed by atoms with Crippen LogP contribution in [0.3, 0.4) is 0 Å². The molecule has 0 aromatic carbocycles. The Morgan fingerprint density at radius 2 is 1.57 bits per heavy atom. The number of hydrogen-bond donors (Lipinski definition) is 1. The lowest BCUT2D eigenvalue weighted by Crippen LogP contribution is -2.12. The molecule has 0 spiro atoms. The average molecular weight is 223 g/mol. The van der Waals surface area contributed by atoms with E-state index in [2.05, 4.69) is 0 Å². The van der Waals surface area contributed by atoms with Crippen LogP contribution < -0.4 is 5.73 Å². The van der Waals surface area contributed by atoms with Crippen molar-refractivity contribution < 1.29 is 13.6 Å². The standard InChI is InChI=1S/C9H22NO3P/c1-8(2)12-14(11,7-5-6-10)13-9(3)4/h8-9H,5-7,10H2,1-4H3. The molecule has 0 aliphatic heterocycles. The topological polar surface area (TPSA) is 61.5 Å². The first-order valence-corrected chi connectivity index (χ1v) is 6.78. The van der Waals surface area contributed by atoms with Crippen LogP contribution in [0.5, 0.6) is 0 Å². The molecule has 4 nitrogen and oxygen atoms in total. The molecule has 5 heteroatoms. The second-order valence-electron chi connectivity index (χ2n) is 3.79. The fourth-order valence-corrected chi connectivity index (χ4v) is 3.17. The Kier molecular flexibility index (Phi) is 6.62. The monoisotopic (exact) mass is 223 g/mol. The second-order valence-corrected chi connectivity index (χ2v) is 5.88. The molecule has 0 atom stereocenters. The first kappa shape index (κ1) is 14.1. The lowest BCUT2D eigenvalue weighted by molar-refractivity contribution is 0.142. The Labute approximate surface area is 86.7 Å². The van der Waals surface area contributed by atoms with Crippen LogP contribution in [0, 0.1) is 0 Å². The number of rotatable bonds is 7. The second kappa shape index (κ2) is 6.57. The highest BCUT2D eigenvalue weighted by Crippen LogP contribution is 2.50. The minimum atomic E-state index is -2.93. The maximum Gasteiger partial charge on any atom is 0.331 e. The van der Waals surface area contributed by atoms with Crippen molar-refractivity contribution >= 4 is 7.60 Å². The Balaban J connectivity index is 4.26. The highest BCUT2D eigenvalue weighted by molar-refractivity contribution is 7.53. The van der Waals surface area contributed by atoms with E-state index >= 15 is 0 Å². The summed E-state index contributed by atoms with van der Waals surface area (Å²) >= 11 is 0. The van der Waals surface area contributed by atoms with E-state index in [1.165, 1.54) is 0 Å². The van der Waals surface area contributed by atoms with Gasteiger partial charge in [0.2, 0.25) is 0 Å². The first-order chi connectivity index (χ1) is 6.39. The Morgan fingerprint density at radius 1 is 1.14 bits per heavy atom. The molecule has 0 rings (SSSR count). The maximum absolute atomic E-state index is 12.1. The van der Waals surface area contributed by atoms with Crippen LogP contribution in [0.2, 0.25) is 0 Å². The van der Waals surface area contributed by atoms with Crippen LogP contribution in [-0.2, 0) is 13.6 Å². The molecule has 0 fully saturated rings. The van der Waals surface area contributed by atoms with Crippen molar-refractivity contribution in [3.8, 4) is 0 Å². The fraction of sp³-hybridized carbons (Fsp3) is 1.00. The molecular formula is C9H22NO3P. The van der Waals surface area contributed by atoms with E-state index in [1.807, 2.05) is 27.7 Å². The summed E-state index contributed by atoms with van der Waals surface area (Å²) in [6.07, 6.45) is 0.894. The van der Waals surface area contributed by atoms with Gasteiger partial charge >= 0.3 is 7.60 Å². The molecule has 0 aromatic heterocycles.